The maximum atomic E-state index is 5.99. The van der Waals surface area contributed by atoms with E-state index in [1.807, 2.05) is 13.0 Å². The first kappa shape index (κ1) is 11.8. The third-order valence-corrected chi connectivity index (χ3v) is 3.22. The van der Waals surface area contributed by atoms with E-state index in [0.717, 1.165) is 16.9 Å². The van der Waals surface area contributed by atoms with Crippen molar-refractivity contribution >= 4 is 5.69 Å². The lowest BCUT2D eigenvalue weighted by molar-refractivity contribution is 0.777. The quantitative estimate of drug-likeness (QED) is 0.779. The fraction of sp³-hybridized carbons (Fsp3) is 0.333. The molecule has 1 aromatic carbocycles. The van der Waals surface area contributed by atoms with Gasteiger partial charge in [-0.15, -0.1) is 0 Å². The molecule has 0 aliphatic heterocycles. The number of nitrogen functional groups attached to an aromatic ring is 1. The SMILES string of the molecule is Cc1ccc(-n2c(C)ccc2C(C)C)cc1N. The highest BCUT2D eigenvalue weighted by molar-refractivity contribution is 5.54. The predicted octanol–water partition coefficient (Wildman–Crippen LogP) is 3.80. The number of anilines is 1. The molecular weight excluding hydrogens is 208 g/mol. The van der Waals surface area contributed by atoms with Crippen LogP contribution in [0.2, 0.25) is 0 Å². The minimum Gasteiger partial charge on any atom is -0.398 e. The number of benzene rings is 1. The van der Waals surface area contributed by atoms with Crippen LogP contribution >= 0.6 is 0 Å². The molecule has 2 rings (SSSR count). The highest BCUT2D eigenvalue weighted by Crippen LogP contribution is 2.25. The van der Waals surface area contributed by atoms with Gasteiger partial charge in [0.1, 0.15) is 0 Å². The van der Waals surface area contributed by atoms with E-state index in [0.29, 0.717) is 5.92 Å². The van der Waals surface area contributed by atoms with Crippen molar-refractivity contribution in [3.05, 3.63) is 47.3 Å². The predicted molar refractivity (Wildman–Crippen MR) is 73.7 cm³/mol. The first-order valence-electron chi connectivity index (χ1n) is 6.05. The zero-order chi connectivity index (χ0) is 12.6. The first-order chi connectivity index (χ1) is 8.00. The second-order valence-corrected chi connectivity index (χ2v) is 4.93. The maximum Gasteiger partial charge on any atom is 0.0475 e. The van der Waals surface area contributed by atoms with E-state index in [1.165, 1.54) is 11.4 Å². The average molecular weight is 228 g/mol. The Morgan fingerprint density at radius 3 is 2.35 bits per heavy atom. The van der Waals surface area contributed by atoms with E-state index in [2.05, 4.69) is 49.6 Å². The fourth-order valence-corrected chi connectivity index (χ4v) is 2.13. The second-order valence-electron chi connectivity index (χ2n) is 4.93. The van der Waals surface area contributed by atoms with Crippen LogP contribution in [-0.4, -0.2) is 4.57 Å². The van der Waals surface area contributed by atoms with E-state index < -0.39 is 0 Å². The number of hydrogen-bond donors (Lipinski definition) is 1. The van der Waals surface area contributed by atoms with E-state index in [4.69, 9.17) is 5.73 Å². The van der Waals surface area contributed by atoms with Gasteiger partial charge < -0.3 is 10.3 Å². The molecule has 17 heavy (non-hydrogen) atoms. The van der Waals surface area contributed by atoms with Crippen molar-refractivity contribution in [2.75, 3.05) is 5.73 Å². The van der Waals surface area contributed by atoms with Crippen LogP contribution in [0.1, 0.15) is 36.7 Å². The molecule has 0 spiro atoms. The van der Waals surface area contributed by atoms with Crippen molar-refractivity contribution < 1.29 is 0 Å². The van der Waals surface area contributed by atoms with Crippen LogP contribution in [-0.2, 0) is 0 Å². The van der Waals surface area contributed by atoms with Gasteiger partial charge in [-0.25, -0.2) is 0 Å². The zero-order valence-electron chi connectivity index (χ0n) is 11.0. The lowest BCUT2D eigenvalue weighted by Crippen LogP contribution is -2.04. The summed E-state index contributed by atoms with van der Waals surface area (Å²) >= 11 is 0. The van der Waals surface area contributed by atoms with Crippen LogP contribution < -0.4 is 5.73 Å². The van der Waals surface area contributed by atoms with Crippen molar-refractivity contribution in [3.63, 3.8) is 0 Å². The Kier molecular flexibility index (Phi) is 2.97. The Bertz CT molecular complexity index is 536. The Morgan fingerprint density at radius 1 is 1.06 bits per heavy atom. The van der Waals surface area contributed by atoms with Crippen LogP contribution in [0.4, 0.5) is 5.69 Å². The topological polar surface area (TPSA) is 30.9 Å². The number of aryl methyl sites for hydroxylation is 2. The molecule has 0 aliphatic carbocycles. The summed E-state index contributed by atoms with van der Waals surface area (Å²) in [4.78, 5) is 0. The summed E-state index contributed by atoms with van der Waals surface area (Å²) in [5.74, 6) is 0.506. The lowest BCUT2D eigenvalue weighted by atomic mass is 10.1. The van der Waals surface area contributed by atoms with Crippen molar-refractivity contribution in [2.24, 2.45) is 0 Å². The van der Waals surface area contributed by atoms with Crippen LogP contribution in [0.5, 0.6) is 0 Å². The molecule has 2 aromatic rings. The van der Waals surface area contributed by atoms with Gasteiger partial charge in [0.15, 0.2) is 0 Å². The van der Waals surface area contributed by atoms with Gasteiger partial charge in [0.05, 0.1) is 0 Å². The maximum absolute atomic E-state index is 5.99. The van der Waals surface area contributed by atoms with Crippen molar-refractivity contribution in [2.45, 2.75) is 33.6 Å². The molecule has 90 valence electrons. The van der Waals surface area contributed by atoms with E-state index in [-0.39, 0.29) is 0 Å². The molecule has 0 fully saturated rings. The lowest BCUT2D eigenvalue weighted by Gasteiger charge is -2.15. The standard InChI is InChI=1S/C15H20N2/c1-10(2)15-8-6-12(4)17(15)13-7-5-11(3)14(16)9-13/h5-10H,16H2,1-4H3. The summed E-state index contributed by atoms with van der Waals surface area (Å²) in [5, 5.41) is 0. The molecule has 2 N–H and O–H groups in total. The molecule has 1 heterocycles. The molecule has 0 saturated carbocycles. The Balaban J connectivity index is 2.59. The summed E-state index contributed by atoms with van der Waals surface area (Å²) < 4.78 is 2.28. The molecule has 0 saturated heterocycles. The molecular formula is C15H20N2. The minimum atomic E-state index is 0.506. The highest BCUT2D eigenvalue weighted by Gasteiger charge is 2.10. The third-order valence-electron chi connectivity index (χ3n) is 3.22. The van der Waals surface area contributed by atoms with Crippen molar-refractivity contribution in [1.82, 2.24) is 4.57 Å². The molecule has 1 aromatic heterocycles. The highest BCUT2D eigenvalue weighted by atomic mass is 15.0. The van der Waals surface area contributed by atoms with Gasteiger partial charge in [-0.3, -0.25) is 0 Å². The van der Waals surface area contributed by atoms with Gasteiger partial charge in [0.25, 0.3) is 0 Å². The van der Waals surface area contributed by atoms with Crippen LogP contribution in [0.25, 0.3) is 5.69 Å². The number of rotatable bonds is 2. The van der Waals surface area contributed by atoms with Crippen molar-refractivity contribution in [1.29, 1.82) is 0 Å². The van der Waals surface area contributed by atoms with Gasteiger partial charge in [-0.05, 0) is 49.6 Å². The van der Waals surface area contributed by atoms with Gasteiger partial charge in [-0.2, -0.15) is 0 Å². The summed E-state index contributed by atoms with van der Waals surface area (Å²) in [5.41, 5.74) is 11.7. The van der Waals surface area contributed by atoms with Crippen LogP contribution in [0.3, 0.4) is 0 Å². The van der Waals surface area contributed by atoms with Gasteiger partial charge in [0, 0.05) is 22.8 Å². The zero-order valence-corrected chi connectivity index (χ0v) is 11.0. The Labute approximate surface area is 103 Å². The van der Waals surface area contributed by atoms with E-state index >= 15 is 0 Å². The molecule has 0 bridgehead atoms. The van der Waals surface area contributed by atoms with Gasteiger partial charge >= 0.3 is 0 Å². The second kappa shape index (κ2) is 4.28. The molecule has 0 atom stereocenters. The molecule has 2 nitrogen and oxygen atoms in total. The molecule has 0 unspecified atom stereocenters. The fourth-order valence-electron chi connectivity index (χ4n) is 2.13. The first-order valence-corrected chi connectivity index (χ1v) is 6.05. The minimum absolute atomic E-state index is 0.506. The smallest absolute Gasteiger partial charge is 0.0475 e. The summed E-state index contributed by atoms with van der Waals surface area (Å²) in [7, 11) is 0. The molecule has 0 radical (unpaired) electrons. The monoisotopic (exact) mass is 228 g/mol. The van der Waals surface area contributed by atoms with Crippen molar-refractivity contribution in [3.8, 4) is 5.69 Å². The Morgan fingerprint density at radius 2 is 1.76 bits per heavy atom. The van der Waals surface area contributed by atoms with E-state index in [1.54, 1.807) is 0 Å². The molecule has 0 aliphatic rings. The van der Waals surface area contributed by atoms with Crippen LogP contribution in [0.15, 0.2) is 30.3 Å². The molecule has 2 heteroatoms. The largest absolute Gasteiger partial charge is 0.398 e. The summed E-state index contributed by atoms with van der Waals surface area (Å²) in [6, 6.07) is 10.6. The third kappa shape index (κ3) is 2.07. The van der Waals surface area contributed by atoms with Gasteiger partial charge in [-0.1, -0.05) is 19.9 Å². The average Bonchev–Trinajstić information content (AvgIpc) is 2.64. The number of nitrogens with zero attached hydrogens (tertiary/aromatic N) is 1. The molecule has 0 amide bonds. The number of aromatic nitrogens is 1. The number of nitrogens with two attached hydrogens (primary N) is 1. The van der Waals surface area contributed by atoms with Crippen LogP contribution in [0, 0.1) is 13.8 Å². The number of hydrogen-bond acceptors (Lipinski definition) is 1. The Hall–Kier alpha value is -1.70. The normalized spacial score (nSPS) is 11.1. The summed E-state index contributed by atoms with van der Waals surface area (Å²) in [6.45, 7) is 8.58. The van der Waals surface area contributed by atoms with E-state index in [9.17, 15) is 0 Å². The van der Waals surface area contributed by atoms with Gasteiger partial charge in [0.2, 0.25) is 0 Å². The summed E-state index contributed by atoms with van der Waals surface area (Å²) in [6.07, 6.45) is 0.